The van der Waals surface area contributed by atoms with Gasteiger partial charge in [0.2, 0.25) is 0 Å². The van der Waals surface area contributed by atoms with Gasteiger partial charge in [-0.25, -0.2) is 9.48 Å². The Labute approximate surface area is 170 Å². The highest BCUT2D eigenvalue weighted by atomic mass is 16.5. The number of aromatic nitrogens is 3. The molecule has 0 atom stereocenters. The van der Waals surface area contributed by atoms with Gasteiger partial charge < -0.3 is 9.84 Å². The lowest BCUT2D eigenvalue weighted by Gasteiger charge is -2.09. The fraction of sp³-hybridized carbons (Fsp3) is 0.261. The first-order chi connectivity index (χ1) is 14.1. The molecule has 1 aromatic heterocycles. The fourth-order valence-corrected chi connectivity index (χ4v) is 3.03. The predicted molar refractivity (Wildman–Crippen MR) is 112 cm³/mol. The molecule has 29 heavy (non-hydrogen) atoms. The van der Waals surface area contributed by atoms with Gasteiger partial charge in [-0.3, -0.25) is 0 Å². The van der Waals surface area contributed by atoms with E-state index in [0.29, 0.717) is 30.3 Å². The van der Waals surface area contributed by atoms with Crippen molar-refractivity contribution in [2.45, 2.75) is 32.7 Å². The maximum Gasteiger partial charge on any atom is 0.336 e. The number of aryl methyl sites for hydroxylation is 1. The van der Waals surface area contributed by atoms with Crippen LogP contribution in [0.5, 0.6) is 6.01 Å². The lowest BCUT2D eigenvalue weighted by molar-refractivity contribution is 0.0697. The first kappa shape index (κ1) is 20.3. The van der Waals surface area contributed by atoms with E-state index in [0.717, 1.165) is 36.2 Å². The van der Waals surface area contributed by atoms with Crippen LogP contribution < -0.4 is 4.74 Å². The zero-order chi connectivity index (χ0) is 20.6. The van der Waals surface area contributed by atoms with Crippen LogP contribution in [0.4, 0.5) is 0 Å². The molecule has 6 heteroatoms. The molecular formula is C23H25N3O3. The third-order valence-electron chi connectivity index (χ3n) is 4.49. The smallest absolute Gasteiger partial charge is 0.336 e. The van der Waals surface area contributed by atoms with E-state index in [1.54, 1.807) is 12.1 Å². The van der Waals surface area contributed by atoms with Crippen LogP contribution in [0.3, 0.4) is 0 Å². The summed E-state index contributed by atoms with van der Waals surface area (Å²) in [7, 11) is 0. The Bertz CT molecular complexity index is 977. The third-order valence-corrected chi connectivity index (χ3v) is 4.49. The van der Waals surface area contributed by atoms with Crippen molar-refractivity contribution in [2.75, 3.05) is 6.61 Å². The molecular weight excluding hydrogens is 366 g/mol. The molecule has 1 N–H and O–H groups in total. The van der Waals surface area contributed by atoms with Gasteiger partial charge in [0.05, 0.1) is 18.7 Å². The van der Waals surface area contributed by atoms with Crippen molar-refractivity contribution < 1.29 is 14.6 Å². The lowest BCUT2D eigenvalue weighted by Crippen LogP contribution is -2.07. The Kier molecular flexibility index (Phi) is 6.79. The number of carboxylic acids is 1. The summed E-state index contributed by atoms with van der Waals surface area (Å²) in [6.45, 7) is 6.97. The number of benzene rings is 2. The monoisotopic (exact) mass is 391 g/mol. The number of carbonyl (C=O) groups is 1. The van der Waals surface area contributed by atoms with Gasteiger partial charge in [-0.1, -0.05) is 55.5 Å². The molecule has 3 rings (SSSR count). The summed E-state index contributed by atoms with van der Waals surface area (Å²) in [5, 5.41) is 13.9. The van der Waals surface area contributed by atoms with E-state index in [9.17, 15) is 9.90 Å². The van der Waals surface area contributed by atoms with Crippen LogP contribution in [0.2, 0.25) is 0 Å². The van der Waals surface area contributed by atoms with E-state index in [2.05, 4.69) is 16.7 Å². The SMILES string of the molecule is C=CCCc1nc(OCCC)nn1Cc1ccc(-c2ccccc2C(=O)O)cc1. The molecule has 2 aromatic carbocycles. The van der Waals surface area contributed by atoms with Crippen LogP contribution in [-0.4, -0.2) is 32.4 Å². The molecule has 0 bridgehead atoms. The van der Waals surface area contributed by atoms with Crippen molar-refractivity contribution in [3.05, 3.63) is 78.1 Å². The molecule has 150 valence electrons. The molecule has 1 heterocycles. The molecule has 3 aromatic rings. The number of hydrogen-bond acceptors (Lipinski definition) is 4. The topological polar surface area (TPSA) is 77.2 Å². The van der Waals surface area contributed by atoms with Crippen LogP contribution in [0, 0.1) is 0 Å². The van der Waals surface area contributed by atoms with Gasteiger partial charge in [0, 0.05) is 6.42 Å². The molecule has 0 amide bonds. The Morgan fingerprint density at radius 2 is 1.97 bits per heavy atom. The van der Waals surface area contributed by atoms with Crippen LogP contribution in [0.1, 0.15) is 41.5 Å². The summed E-state index contributed by atoms with van der Waals surface area (Å²) < 4.78 is 7.44. The van der Waals surface area contributed by atoms with E-state index in [-0.39, 0.29) is 0 Å². The highest BCUT2D eigenvalue weighted by molar-refractivity contribution is 5.95. The van der Waals surface area contributed by atoms with Crippen molar-refractivity contribution >= 4 is 5.97 Å². The zero-order valence-electron chi connectivity index (χ0n) is 16.5. The number of nitrogens with zero attached hydrogens (tertiary/aromatic N) is 3. The van der Waals surface area contributed by atoms with Gasteiger partial charge >= 0.3 is 12.0 Å². The van der Waals surface area contributed by atoms with E-state index in [4.69, 9.17) is 4.74 Å². The fourth-order valence-electron chi connectivity index (χ4n) is 3.03. The van der Waals surface area contributed by atoms with Crippen molar-refractivity contribution in [3.8, 4) is 17.1 Å². The summed E-state index contributed by atoms with van der Waals surface area (Å²) in [6, 6.07) is 15.3. The Morgan fingerprint density at radius 1 is 1.21 bits per heavy atom. The number of aromatic carboxylic acids is 1. The molecule has 0 aliphatic heterocycles. The molecule has 0 aliphatic carbocycles. The van der Waals surface area contributed by atoms with Crippen LogP contribution >= 0.6 is 0 Å². The van der Waals surface area contributed by atoms with Crippen LogP contribution in [-0.2, 0) is 13.0 Å². The second kappa shape index (κ2) is 9.68. The standard InChI is InChI=1S/C23H25N3O3/c1-3-5-10-21-24-23(29-15-4-2)25-26(21)16-17-11-13-18(14-12-17)19-8-6-7-9-20(19)22(27)28/h3,6-9,11-14H,1,4-5,10,15-16H2,2H3,(H,27,28). The largest absolute Gasteiger partial charge is 0.478 e. The maximum atomic E-state index is 11.5. The minimum atomic E-state index is -0.932. The average Bonchev–Trinajstić information content (AvgIpc) is 3.12. The summed E-state index contributed by atoms with van der Waals surface area (Å²) in [6.07, 6.45) is 4.32. The van der Waals surface area contributed by atoms with E-state index in [1.165, 1.54) is 0 Å². The quantitative estimate of drug-likeness (QED) is 0.511. The number of rotatable bonds is 10. The lowest BCUT2D eigenvalue weighted by atomic mass is 9.99. The van der Waals surface area contributed by atoms with Gasteiger partial charge in [-0.05, 0) is 35.6 Å². The van der Waals surface area contributed by atoms with Crippen molar-refractivity contribution in [1.29, 1.82) is 0 Å². The first-order valence-corrected chi connectivity index (χ1v) is 9.71. The van der Waals surface area contributed by atoms with Gasteiger partial charge in [0.1, 0.15) is 5.82 Å². The maximum absolute atomic E-state index is 11.5. The van der Waals surface area contributed by atoms with Gasteiger partial charge in [0.25, 0.3) is 0 Å². The highest BCUT2D eigenvalue weighted by Crippen LogP contribution is 2.24. The predicted octanol–water partition coefficient (Wildman–Crippen LogP) is 4.60. The molecule has 0 saturated carbocycles. The van der Waals surface area contributed by atoms with Gasteiger partial charge in [-0.2, -0.15) is 4.98 Å². The molecule has 6 nitrogen and oxygen atoms in total. The van der Waals surface area contributed by atoms with Crippen molar-refractivity contribution in [2.24, 2.45) is 0 Å². The Balaban J connectivity index is 1.81. The molecule has 0 saturated heterocycles. The normalized spacial score (nSPS) is 10.7. The number of carboxylic acid groups (broad SMARTS) is 1. The number of hydrogen-bond donors (Lipinski definition) is 1. The molecule has 0 spiro atoms. The number of allylic oxidation sites excluding steroid dienone is 1. The van der Waals surface area contributed by atoms with Crippen molar-refractivity contribution in [3.63, 3.8) is 0 Å². The van der Waals surface area contributed by atoms with Gasteiger partial charge in [-0.15, -0.1) is 11.7 Å². The summed E-state index contributed by atoms with van der Waals surface area (Å²) in [5.41, 5.74) is 2.91. The average molecular weight is 391 g/mol. The summed E-state index contributed by atoms with van der Waals surface area (Å²) in [5.74, 6) is -0.0740. The Hall–Kier alpha value is -3.41. The van der Waals surface area contributed by atoms with Gasteiger partial charge in [0.15, 0.2) is 0 Å². The molecule has 0 aliphatic rings. The third kappa shape index (κ3) is 5.10. The van der Waals surface area contributed by atoms with Crippen LogP contribution in [0.15, 0.2) is 61.2 Å². The summed E-state index contributed by atoms with van der Waals surface area (Å²) >= 11 is 0. The molecule has 0 unspecified atom stereocenters. The molecule has 0 fully saturated rings. The van der Waals surface area contributed by atoms with Crippen molar-refractivity contribution in [1.82, 2.24) is 14.8 Å². The van der Waals surface area contributed by atoms with E-state index in [1.807, 2.05) is 54.1 Å². The van der Waals surface area contributed by atoms with E-state index < -0.39 is 5.97 Å². The first-order valence-electron chi connectivity index (χ1n) is 9.71. The minimum Gasteiger partial charge on any atom is -0.478 e. The van der Waals surface area contributed by atoms with Crippen LogP contribution in [0.25, 0.3) is 11.1 Å². The second-order valence-electron chi connectivity index (χ2n) is 6.69. The zero-order valence-corrected chi connectivity index (χ0v) is 16.5. The number of ether oxygens (including phenoxy) is 1. The second-order valence-corrected chi connectivity index (χ2v) is 6.69. The highest BCUT2D eigenvalue weighted by Gasteiger charge is 2.13. The van der Waals surface area contributed by atoms with E-state index >= 15 is 0 Å². The molecule has 0 radical (unpaired) electrons. The summed E-state index contributed by atoms with van der Waals surface area (Å²) in [4.78, 5) is 16.0. The minimum absolute atomic E-state index is 0.293. The Morgan fingerprint density at radius 3 is 2.66 bits per heavy atom.